The van der Waals surface area contributed by atoms with Crippen molar-refractivity contribution in [1.82, 2.24) is 0 Å². The van der Waals surface area contributed by atoms with E-state index in [-0.39, 0.29) is 5.69 Å². The van der Waals surface area contributed by atoms with Gasteiger partial charge in [-0.05, 0) is 25.0 Å². The molecular weight excluding hydrogens is 277 g/mol. The quantitative estimate of drug-likeness (QED) is 0.836. The van der Waals surface area contributed by atoms with E-state index in [0.717, 1.165) is 0 Å². The molecule has 0 fully saturated rings. The standard InChI is InChI=1S/C15H16FNO4/c1-21-9-6-7-12(16)13(8-9)17-14(18)10-4-2-3-5-11(10)15(19)20/h2-3,6-8,10-11H,4-5H2,1H3,(H,17,18)(H,19,20). The Balaban J connectivity index is 2.17. The molecule has 2 unspecified atom stereocenters. The van der Waals surface area contributed by atoms with Gasteiger partial charge in [-0.3, -0.25) is 9.59 Å². The summed E-state index contributed by atoms with van der Waals surface area (Å²) in [5.74, 6) is -3.21. The Morgan fingerprint density at radius 1 is 1.29 bits per heavy atom. The summed E-state index contributed by atoms with van der Waals surface area (Å²) >= 11 is 0. The first-order chi connectivity index (χ1) is 10.0. The molecule has 1 aliphatic carbocycles. The average Bonchev–Trinajstić information content (AvgIpc) is 2.49. The van der Waals surface area contributed by atoms with Crippen molar-refractivity contribution in [1.29, 1.82) is 0 Å². The monoisotopic (exact) mass is 293 g/mol. The Morgan fingerprint density at radius 3 is 2.57 bits per heavy atom. The van der Waals surface area contributed by atoms with E-state index in [1.165, 1.54) is 25.3 Å². The molecule has 2 atom stereocenters. The lowest BCUT2D eigenvalue weighted by atomic mass is 9.82. The summed E-state index contributed by atoms with van der Waals surface area (Å²) in [6.45, 7) is 0. The van der Waals surface area contributed by atoms with E-state index < -0.39 is 29.5 Å². The smallest absolute Gasteiger partial charge is 0.307 e. The highest BCUT2D eigenvalue weighted by atomic mass is 19.1. The van der Waals surface area contributed by atoms with Gasteiger partial charge < -0.3 is 15.2 Å². The number of carboxylic acids is 1. The van der Waals surface area contributed by atoms with Gasteiger partial charge in [-0.1, -0.05) is 12.2 Å². The minimum atomic E-state index is -1.02. The maximum absolute atomic E-state index is 13.7. The van der Waals surface area contributed by atoms with Crippen LogP contribution in [0.1, 0.15) is 12.8 Å². The van der Waals surface area contributed by atoms with Crippen molar-refractivity contribution in [3.8, 4) is 5.75 Å². The number of benzene rings is 1. The van der Waals surface area contributed by atoms with E-state index in [0.29, 0.717) is 18.6 Å². The zero-order valence-electron chi connectivity index (χ0n) is 11.5. The summed E-state index contributed by atoms with van der Waals surface area (Å²) in [6, 6.07) is 3.99. The van der Waals surface area contributed by atoms with E-state index in [4.69, 9.17) is 9.84 Å². The number of allylic oxidation sites excluding steroid dienone is 2. The van der Waals surface area contributed by atoms with E-state index in [2.05, 4.69) is 5.32 Å². The highest BCUT2D eigenvalue weighted by Crippen LogP contribution is 2.28. The van der Waals surface area contributed by atoms with Gasteiger partial charge in [0.2, 0.25) is 5.91 Å². The molecule has 1 amide bonds. The van der Waals surface area contributed by atoms with Crippen LogP contribution in [0.4, 0.5) is 10.1 Å². The minimum absolute atomic E-state index is 0.0157. The van der Waals surface area contributed by atoms with Crippen LogP contribution in [0, 0.1) is 17.7 Å². The highest BCUT2D eigenvalue weighted by Gasteiger charge is 2.34. The fourth-order valence-electron chi connectivity index (χ4n) is 2.33. The molecule has 21 heavy (non-hydrogen) atoms. The molecule has 0 heterocycles. The zero-order valence-corrected chi connectivity index (χ0v) is 11.5. The largest absolute Gasteiger partial charge is 0.497 e. The van der Waals surface area contributed by atoms with Gasteiger partial charge in [0, 0.05) is 6.07 Å². The van der Waals surface area contributed by atoms with Gasteiger partial charge >= 0.3 is 5.97 Å². The van der Waals surface area contributed by atoms with E-state index >= 15 is 0 Å². The molecule has 0 spiro atoms. The summed E-state index contributed by atoms with van der Waals surface area (Å²) < 4.78 is 18.7. The SMILES string of the molecule is COc1ccc(F)c(NC(=O)C2CC=CCC2C(=O)O)c1. The fraction of sp³-hybridized carbons (Fsp3) is 0.333. The number of anilines is 1. The molecule has 1 aliphatic rings. The maximum Gasteiger partial charge on any atom is 0.307 e. The third kappa shape index (κ3) is 3.39. The molecule has 0 radical (unpaired) electrons. The normalized spacial score (nSPS) is 20.9. The number of carbonyl (C=O) groups is 2. The number of amides is 1. The summed E-state index contributed by atoms with van der Waals surface area (Å²) in [5.41, 5.74) is -0.0157. The molecule has 0 saturated heterocycles. The molecule has 1 aromatic carbocycles. The van der Waals surface area contributed by atoms with E-state index in [1.54, 1.807) is 12.2 Å². The van der Waals surface area contributed by atoms with Crippen molar-refractivity contribution in [3.63, 3.8) is 0 Å². The van der Waals surface area contributed by atoms with Crippen molar-refractivity contribution < 1.29 is 23.8 Å². The van der Waals surface area contributed by atoms with Gasteiger partial charge in [-0.25, -0.2) is 4.39 Å². The minimum Gasteiger partial charge on any atom is -0.497 e. The number of methoxy groups -OCH3 is 1. The number of hydrogen-bond acceptors (Lipinski definition) is 3. The number of ether oxygens (including phenoxy) is 1. The van der Waals surface area contributed by atoms with E-state index in [9.17, 15) is 14.0 Å². The van der Waals surface area contributed by atoms with E-state index in [1.807, 2.05) is 0 Å². The molecular formula is C15H16FNO4. The Hall–Kier alpha value is -2.37. The summed E-state index contributed by atoms with van der Waals surface area (Å²) in [5, 5.41) is 11.6. The van der Waals surface area contributed by atoms with Crippen LogP contribution in [-0.4, -0.2) is 24.1 Å². The van der Waals surface area contributed by atoms with Crippen molar-refractivity contribution in [3.05, 3.63) is 36.2 Å². The summed E-state index contributed by atoms with van der Waals surface area (Å²) in [7, 11) is 1.44. The second-order valence-corrected chi connectivity index (χ2v) is 4.83. The second kappa shape index (κ2) is 6.39. The maximum atomic E-state index is 13.7. The molecule has 5 nitrogen and oxygen atoms in total. The molecule has 112 valence electrons. The number of carbonyl (C=O) groups excluding carboxylic acids is 1. The van der Waals surface area contributed by atoms with Gasteiger partial charge in [0.25, 0.3) is 0 Å². The van der Waals surface area contributed by atoms with Crippen molar-refractivity contribution in [2.75, 3.05) is 12.4 Å². The number of aliphatic carboxylic acids is 1. The van der Waals surface area contributed by atoms with Crippen molar-refractivity contribution in [2.45, 2.75) is 12.8 Å². The predicted molar refractivity (Wildman–Crippen MR) is 74.6 cm³/mol. The van der Waals surface area contributed by atoms with Crippen LogP contribution in [-0.2, 0) is 9.59 Å². The van der Waals surface area contributed by atoms with Crippen LogP contribution in [0.25, 0.3) is 0 Å². The Kier molecular flexibility index (Phi) is 4.57. The lowest BCUT2D eigenvalue weighted by molar-refractivity contribution is -0.146. The third-order valence-electron chi connectivity index (χ3n) is 3.52. The average molecular weight is 293 g/mol. The zero-order chi connectivity index (χ0) is 15.4. The summed E-state index contributed by atoms with van der Waals surface area (Å²) in [4.78, 5) is 23.4. The highest BCUT2D eigenvalue weighted by molar-refractivity contribution is 5.95. The first kappa shape index (κ1) is 15.0. The lowest BCUT2D eigenvalue weighted by Crippen LogP contribution is -2.34. The first-order valence-corrected chi connectivity index (χ1v) is 6.55. The topological polar surface area (TPSA) is 75.6 Å². The first-order valence-electron chi connectivity index (χ1n) is 6.55. The van der Waals surface area contributed by atoms with Gasteiger partial charge in [-0.15, -0.1) is 0 Å². The molecule has 0 saturated carbocycles. The lowest BCUT2D eigenvalue weighted by Gasteiger charge is -2.24. The van der Waals surface area contributed by atoms with Crippen LogP contribution in [0.3, 0.4) is 0 Å². The molecule has 0 bridgehead atoms. The molecule has 1 aromatic rings. The predicted octanol–water partition coefficient (Wildman–Crippen LogP) is 2.44. The Bertz CT molecular complexity index is 585. The Labute approximate surface area is 121 Å². The van der Waals surface area contributed by atoms with Crippen LogP contribution >= 0.6 is 0 Å². The van der Waals surface area contributed by atoms with Crippen LogP contribution < -0.4 is 10.1 Å². The van der Waals surface area contributed by atoms with Gasteiger partial charge in [-0.2, -0.15) is 0 Å². The van der Waals surface area contributed by atoms with Crippen molar-refractivity contribution >= 4 is 17.6 Å². The Morgan fingerprint density at radius 2 is 1.95 bits per heavy atom. The molecule has 2 N–H and O–H groups in total. The number of hydrogen-bond donors (Lipinski definition) is 2. The van der Waals surface area contributed by atoms with Gasteiger partial charge in [0.15, 0.2) is 0 Å². The number of halogens is 1. The van der Waals surface area contributed by atoms with Gasteiger partial charge in [0.1, 0.15) is 11.6 Å². The fourth-order valence-corrected chi connectivity index (χ4v) is 2.33. The summed E-state index contributed by atoms with van der Waals surface area (Å²) in [6.07, 6.45) is 4.14. The molecule has 2 rings (SSSR count). The third-order valence-corrected chi connectivity index (χ3v) is 3.52. The number of nitrogens with one attached hydrogen (secondary N) is 1. The molecule has 6 heteroatoms. The van der Waals surface area contributed by atoms with Crippen molar-refractivity contribution in [2.24, 2.45) is 11.8 Å². The number of carboxylic acid groups (broad SMARTS) is 1. The van der Waals surface area contributed by atoms with Crippen LogP contribution in [0.15, 0.2) is 30.4 Å². The number of rotatable bonds is 4. The molecule has 0 aliphatic heterocycles. The van der Waals surface area contributed by atoms with Crippen LogP contribution in [0.5, 0.6) is 5.75 Å². The second-order valence-electron chi connectivity index (χ2n) is 4.83. The molecule has 0 aromatic heterocycles. The van der Waals surface area contributed by atoms with Crippen LogP contribution in [0.2, 0.25) is 0 Å². The van der Waals surface area contributed by atoms with Gasteiger partial charge in [0.05, 0.1) is 24.6 Å².